The highest BCUT2D eigenvalue weighted by atomic mass is 16.5. The predicted octanol–water partition coefficient (Wildman–Crippen LogP) is 2.60. The SMILES string of the molecule is COCCN(c1ccc(C(C)O)cc1)C(C)C. The van der Waals surface area contributed by atoms with Crippen molar-refractivity contribution in [3.05, 3.63) is 29.8 Å². The van der Waals surface area contributed by atoms with Crippen molar-refractivity contribution in [2.75, 3.05) is 25.2 Å². The highest BCUT2D eigenvalue weighted by molar-refractivity contribution is 5.48. The standard InChI is InChI=1S/C14H23NO2/c1-11(2)15(9-10-17-4)14-7-5-13(6-8-14)12(3)16/h5-8,11-12,16H,9-10H2,1-4H3. The van der Waals surface area contributed by atoms with Crippen LogP contribution in [0.4, 0.5) is 5.69 Å². The zero-order chi connectivity index (χ0) is 12.8. The lowest BCUT2D eigenvalue weighted by molar-refractivity contribution is 0.199. The zero-order valence-electron chi connectivity index (χ0n) is 11.2. The van der Waals surface area contributed by atoms with E-state index in [0.29, 0.717) is 6.04 Å². The Bertz CT molecular complexity index is 319. The number of aliphatic hydroxyl groups is 1. The van der Waals surface area contributed by atoms with Gasteiger partial charge in [0.25, 0.3) is 0 Å². The fourth-order valence-electron chi connectivity index (χ4n) is 1.82. The minimum atomic E-state index is -0.407. The van der Waals surface area contributed by atoms with E-state index in [1.54, 1.807) is 14.0 Å². The van der Waals surface area contributed by atoms with Crippen LogP contribution in [0.15, 0.2) is 24.3 Å². The zero-order valence-corrected chi connectivity index (χ0v) is 11.2. The van der Waals surface area contributed by atoms with Crippen molar-refractivity contribution in [2.24, 2.45) is 0 Å². The predicted molar refractivity (Wildman–Crippen MR) is 71.4 cm³/mol. The van der Waals surface area contributed by atoms with E-state index in [0.717, 1.165) is 18.7 Å². The molecule has 1 rings (SSSR count). The Hall–Kier alpha value is -1.06. The Balaban J connectivity index is 2.80. The molecule has 0 amide bonds. The maximum atomic E-state index is 9.47. The molecule has 1 aromatic carbocycles. The van der Waals surface area contributed by atoms with E-state index < -0.39 is 6.10 Å². The molecule has 0 radical (unpaired) electrons. The number of aliphatic hydroxyl groups excluding tert-OH is 1. The number of anilines is 1. The minimum absolute atomic E-state index is 0.407. The Morgan fingerprint density at radius 2 is 1.76 bits per heavy atom. The van der Waals surface area contributed by atoms with E-state index in [2.05, 4.69) is 30.9 Å². The van der Waals surface area contributed by atoms with E-state index in [9.17, 15) is 5.11 Å². The Kier molecular flexibility index (Phi) is 5.45. The van der Waals surface area contributed by atoms with Crippen LogP contribution in [-0.2, 0) is 4.74 Å². The van der Waals surface area contributed by atoms with Gasteiger partial charge in [-0.1, -0.05) is 12.1 Å². The second-order valence-electron chi connectivity index (χ2n) is 4.55. The number of hydrogen-bond donors (Lipinski definition) is 1. The molecule has 1 N–H and O–H groups in total. The second-order valence-corrected chi connectivity index (χ2v) is 4.55. The molecule has 0 saturated carbocycles. The van der Waals surface area contributed by atoms with Crippen molar-refractivity contribution in [3.8, 4) is 0 Å². The van der Waals surface area contributed by atoms with Gasteiger partial charge in [0, 0.05) is 25.4 Å². The number of nitrogens with zero attached hydrogens (tertiary/aromatic N) is 1. The quantitative estimate of drug-likeness (QED) is 0.825. The molecule has 3 heteroatoms. The molecule has 0 aliphatic carbocycles. The van der Waals surface area contributed by atoms with Gasteiger partial charge in [-0.15, -0.1) is 0 Å². The molecular weight excluding hydrogens is 214 g/mol. The molecule has 0 aliphatic heterocycles. The normalized spacial score (nSPS) is 12.8. The molecule has 1 atom stereocenters. The topological polar surface area (TPSA) is 32.7 Å². The molecule has 3 nitrogen and oxygen atoms in total. The molecule has 1 aromatic rings. The van der Waals surface area contributed by atoms with Crippen molar-refractivity contribution in [2.45, 2.75) is 32.9 Å². The van der Waals surface area contributed by atoms with Crippen molar-refractivity contribution in [1.29, 1.82) is 0 Å². The van der Waals surface area contributed by atoms with Crippen LogP contribution in [-0.4, -0.2) is 31.4 Å². The van der Waals surface area contributed by atoms with Crippen molar-refractivity contribution in [3.63, 3.8) is 0 Å². The summed E-state index contributed by atoms with van der Waals surface area (Å²) < 4.78 is 5.12. The van der Waals surface area contributed by atoms with E-state index in [-0.39, 0.29) is 0 Å². The summed E-state index contributed by atoms with van der Waals surface area (Å²) in [6.07, 6.45) is -0.407. The Labute approximate surface area is 104 Å². The third-order valence-corrected chi connectivity index (χ3v) is 2.87. The fraction of sp³-hybridized carbons (Fsp3) is 0.571. The highest BCUT2D eigenvalue weighted by Crippen LogP contribution is 2.20. The fourth-order valence-corrected chi connectivity index (χ4v) is 1.82. The summed E-state index contributed by atoms with van der Waals surface area (Å²) in [5.41, 5.74) is 2.12. The highest BCUT2D eigenvalue weighted by Gasteiger charge is 2.10. The molecule has 1 unspecified atom stereocenters. The average Bonchev–Trinajstić information content (AvgIpc) is 2.29. The first-order valence-corrected chi connectivity index (χ1v) is 6.10. The van der Waals surface area contributed by atoms with Crippen LogP contribution in [0.25, 0.3) is 0 Å². The third-order valence-electron chi connectivity index (χ3n) is 2.87. The van der Waals surface area contributed by atoms with Gasteiger partial charge < -0.3 is 14.7 Å². The lowest BCUT2D eigenvalue weighted by Gasteiger charge is -2.29. The molecule has 96 valence electrons. The van der Waals surface area contributed by atoms with Crippen LogP contribution >= 0.6 is 0 Å². The lowest BCUT2D eigenvalue weighted by atomic mass is 10.1. The molecule has 0 fully saturated rings. The second kappa shape index (κ2) is 6.62. The van der Waals surface area contributed by atoms with Gasteiger partial charge in [0.15, 0.2) is 0 Å². The summed E-state index contributed by atoms with van der Waals surface area (Å²) in [5.74, 6) is 0. The van der Waals surface area contributed by atoms with Gasteiger partial charge in [-0.25, -0.2) is 0 Å². The first-order chi connectivity index (χ1) is 8.06. The summed E-state index contributed by atoms with van der Waals surface area (Å²) in [6.45, 7) is 7.70. The lowest BCUT2D eigenvalue weighted by Crippen LogP contribution is -2.33. The Morgan fingerprint density at radius 1 is 1.18 bits per heavy atom. The van der Waals surface area contributed by atoms with E-state index in [1.807, 2.05) is 12.1 Å². The number of hydrogen-bond acceptors (Lipinski definition) is 3. The van der Waals surface area contributed by atoms with Crippen LogP contribution in [0, 0.1) is 0 Å². The monoisotopic (exact) mass is 237 g/mol. The largest absolute Gasteiger partial charge is 0.389 e. The summed E-state index contributed by atoms with van der Waals surface area (Å²) in [6, 6.07) is 8.49. The van der Waals surface area contributed by atoms with Gasteiger partial charge in [-0.2, -0.15) is 0 Å². The number of ether oxygens (including phenoxy) is 1. The molecule has 0 saturated heterocycles. The first kappa shape index (κ1) is 14.0. The van der Waals surface area contributed by atoms with Crippen molar-refractivity contribution >= 4 is 5.69 Å². The van der Waals surface area contributed by atoms with Crippen LogP contribution < -0.4 is 4.90 Å². The molecular formula is C14H23NO2. The van der Waals surface area contributed by atoms with Crippen LogP contribution in [0.3, 0.4) is 0 Å². The van der Waals surface area contributed by atoms with Gasteiger partial charge >= 0.3 is 0 Å². The average molecular weight is 237 g/mol. The summed E-state index contributed by atoms with van der Waals surface area (Å²) >= 11 is 0. The van der Waals surface area contributed by atoms with Crippen LogP contribution in [0.5, 0.6) is 0 Å². The maximum absolute atomic E-state index is 9.47. The summed E-state index contributed by atoms with van der Waals surface area (Å²) in [5, 5.41) is 9.47. The van der Waals surface area contributed by atoms with E-state index in [4.69, 9.17) is 4.74 Å². The number of methoxy groups -OCH3 is 1. The van der Waals surface area contributed by atoms with Crippen LogP contribution in [0.2, 0.25) is 0 Å². The van der Waals surface area contributed by atoms with Gasteiger partial charge in [-0.3, -0.25) is 0 Å². The van der Waals surface area contributed by atoms with Gasteiger partial charge in [0.1, 0.15) is 0 Å². The van der Waals surface area contributed by atoms with Crippen molar-refractivity contribution in [1.82, 2.24) is 0 Å². The molecule has 0 heterocycles. The molecule has 0 spiro atoms. The maximum Gasteiger partial charge on any atom is 0.0761 e. The summed E-state index contributed by atoms with van der Waals surface area (Å²) in [7, 11) is 1.72. The molecule has 0 aromatic heterocycles. The van der Waals surface area contributed by atoms with Gasteiger partial charge in [0.2, 0.25) is 0 Å². The number of benzene rings is 1. The Morgan fingerprint density at radius 3 is 2.18 bits per heavy atom. The smallest absolute Gasteiger partial charge is 0.0761 e. The first-order valence-electron chi connectivity index (χ1n) is 6.10. The molecule has 17 heavy (non-hydrogen) atoms. The molecule has 0 aliphatic rings. The van der Waals surface area contributed by atoms with E-state index in [1.165, 1.54) is 5.69 Å². The van der Waals surface area contributed by atoms with Gasteiger partial charge in [-0.05, 0) is 38.5 Å². The summed E-state index contributed by atoms with van der Waals surface area (Å²) in [4.78, 5) is 2.29. The van der Waals surface area contributed by atoms with Crippen LogP contribution in [0.1, 0.15) is 32.4 Å². The van der Waals surface area contributed by atoms with Crippen molar-refractivity contribution < 1.29 is 9.84 Å². The minimum Gasteiger partial charge on any atom is -0.389 e. The molecule has 0 bridgehead atoms. The van der Waals surface area contributed by atoms with E-state index >= 15 is 0 Å². The van der Waals surface area contributed by atoms with Gasteiger partial charge in [0.05, 0.1) is 12.7 Å². The third kappa shape index (κ3) is 4.02. The number of rotatable bonds is 6.